The van der Waals surface area contributed by atoms with Crippen molar-refractivity contribution in [3.63, 3.8) is 0 Å². The molecule has 0 heterocycles. The van der Waals surface area contributed by atoms with Gasteiger partial charge in [-0.05, 0) is 43.7 Å². The van der Waals surface area contributed by atoms with Gasteiger partial charge in [0.05, 0.1) is 6.07 Å². The van der Waals surface area contributed by atoms with Crippen molar-refractivity contribution in [2.24, 2.45) is 5.41 Å². The van der Waals surface area contributed by atoms with Gasteiger partial charge in [0.1, 0.15) is 0 Å². The van der Waals surface area contributed by atoms with Gasteiger partial charge in [-0.1, -0.05) is 29.8 Å². The number of benzene rings is 1. The van der Waals surface area contributed by atoms with Crippen LogP contribution in [-0.4, -0.2) is 13.1 Å². The lowest BCUT2D eigenvalue weighted by molar-refractivity contribution is 0.469. The smallest absolute Gasteiger partial charge is 0.0628 e. The second-order valence-electron chi connectivity index (χ2n) is 5.25. The summed E-state index contributed by atoms with van der Waals surface area (Å²) in [7, 11) is 0. The molecule has 0 saturated heterocycles. The maximum atomic E-state index is 8.73. The van der Waals surface area contributed by atoms with Crippen molar-refractivity contribution >= 4 is 0 Å². The zero-order chi connectivity index (χ0) is 12.1. The Labute approximate surface area is 104 Å². The van der Waals surface area contributed by atoms with Crippen LogP contribution in [0.1, 0.15) is 30.4 Å². The molecule has 1 aromatic carbocycles. The summed E-state index contributed by atoms with van der Waals surface area (Å²) >= 11 is 0. The van der Waals surface area contributed by atoms with Crippen LogP contribution >= 0.6 is 0 Å². The summed E-state index contributed by atoms with van der Waals surface area (Å²) in [6.07, 6.45) is 4.23. The van der Waals surface area contributed by atoms with Crippen molar-refractivity contribution < 1.29 is 0 Å². The summed E-state index contributed by atoms with van der Waals surface area (Å²) in [5.41, 5.74) is 3.04. The van der Waals surface area contributed by atoms with Gasteiger partial charge in [-0.3, -0.25) is 0 Å². The van der Waals surface area contributed by atoms with E-state index in [0.717, 1.165) is 19.5 Å². The average Bonchev–Trinajstić information content (AvgIpc) is 3.06. The van der Waals surface area contributed by atoms with Gasteiger partial charge in [-0.25, -0.2) is 0 Å². The first-order chi connectivity index (χ1) is 8.24. The summed E-state index contributed by atoms with van der Waals surface area (Å²) in [6, 6.07) is 11.0. The fourth-order valence-corrected chi connectivity index (χ4v) is 2.21. The molecule has 2 rings (SSSR count). The number of nitriles is 1. The quantitative estimate of drug-likeness (QED) is 0.760. The van der Waals surface area contributed by atoms with Gasteiger partial charge in [0.25, 0.3) is 0 Å². The molecule has 0 aromatic heterocycles. The predicted octanol–water partition coefficient (Wildman–Crippen LogP) is 2.82. The fraction of sp³-hybridized carbons (Fsp3) is 0.533. The molecule has 17 heavy (non-hydrogen) atoms. The van der Waals surface area contributed by atoms with Crippen molar-refractivity contribution in [2.75, 3.05) is 13.1 Å². The van der Waals surface area contributed by atoms with E-state index >= 15 is 0 Å². The van der Waals surface area contributed by atoms with E-state index < -0.39 is 0 Å². The molecule has 0 spiro atoms. The summed E-state index contributed by atoms with van der Waals surface area (Å²) < 4.78 is 0. The number of nitrogens with one attached hydrogen (secondary N) is 1. The summed E-state index contributed by atoms with van der Waals surface area (Å²) in [6.45, 7) is 4.14. The highest BCUT2D eigenvalue weighted by Crippen LogP contribution is 2.47. The number of aryl methyl sites for hydroxylation is 1. The summed E-state index contributed by atoms with van der Waals surface area (Å²) in [5, 5.41) is 12.2. The van der Waals surface area contributed by atoms with Crippen LogP contribution in [0, 0.1) is 23.7 Å². The monoisotopic (exact) mass is 228 g/mol. The Hall–Kier alpha value is -1.33. The molecular weight excluding hydrogens is 208 g/mol. The number of rotatable bonds is 6. The molecule has 1 aliphatic rings. The van der Waals surface area contributed by atoms with E-state index in [0.29, 0.717) is 11.8 Å². The molecule has 0 unspecified atom stereocenters. The van der Waals surface area contributed by atoms with Crippen molar-refractivity contribution in [1.82, 2.24) is 5.32 Å². The Kier molecular flexibility index (Phi) is 3.81. The molecule has 1 fully saturated rings. The maximum absolute atomic E-state index is 8.73. The molecule has 1 aliphatic carbocycles. The van der Waals surface area contributed by atoms with Crippen LogP contribution in [0.15, 0.2) is 24.3 Å². The van der Waals surface area contributed by atoms with Crippen LogP contribution in [0.25, 0.3) is 0 Å². The minimum absolute atomic E-state index is 0.321. The van der Waals surface area contributed by atoms with Crippen molar-refractivity contribution in [3.8, 4) is 6.07 Å². The third kappa shape index (κ3) is 3.57. The first-order valence-corrected chi connectivity index (χ1v) is 6.37. The van der Waals surface area contributed by atoms with Gasteiger partial charge in [-0.15, -0.1) is 0 Å². The Morgan fingerprint density at radius 3 is 2.88 bits per heavy atom. The van der Waals surface area contributed by atoms with Crippen molar-refractivity contribution in [2.45, 2.75) is 32.6 Å². The number of hydrogen-bond acceptors (Lipinski definition) is 2. The minimum Gasteiger partial charge on any atom is -0.316 e. The largest absolute Gasteiger partial charge is 0.316 e. The van der Waals surface area contributed by atoms with Crippen LogP contribution in [0.4, 0.5) is 0 Å². The first kappa shape index (κ1) is 12.1. The van der Waals surface area contributed by atoms with Crippen molar-refractivity contribution in [3.05, 3.63) is 35.4 Å². The zero-order valence-electron chi connectivity index (χ0n) is 10.5. The lowest BCUT2D eigenvalue weighted by Gasteiger charge is -2.12. The van der Waals surface area contributed by atoms with E-state index in [9.17, 15) is 0 Å². The van der Waals surface area contributed by atoms with E-state index in [1.54, 1.807) is 0 Å². The second kappa shape index (κ2) is 5.33. The number of hydrogen-bond donors (Lipinski definition) is 1. The molecular formula is C15H20N2. The topological polar surface area (TPSA) is 35.8 Å². The van der Waals surface area contributed by atoms with Crippen LogP contribution in [0.5, 0.6) is 0 Å². The molecule has 0 amide bonds. The van der Waals surface area contributed by atoms with E-state index in [1.807, 2.05) is 0 Å². The Morgan fingerprint density at radius 2 is 2.24 bits per heavy atom. The maximum Gasteiger partial charge on any atom is 0.0628 e. The van der Waals surface area contributed by atoms with Crippen LogP contribution in [0.2, 0.25) is 0 Å². The van der Waals surface area contributed by atoms with E-state index in [1.165, 1.54) is 24.0 Å². The normalized spacial score (nSPS) is 16.5. The molecule has 0 atom stereocenters. The SMILES string of the molecule is Cc1cccc(CCNCC2(CC#N)CC2)c1. The van der Waals surface area contributed by atoms with Crippen LogP contribution in [0.3, 0.4) is 0 Å². The summed E-state index contributed by atoms with van der Waals surface area (Å²) in [4.78, 5) is 0. The molecule has 1 saturated carbocycles. The molecule has 2 heteroatoms. The molecule has 1 N–H and O–H groups in total. The van der Waals surface area contributed by atoms with E-state index in [2.05, 4.69) is 42.6 Å². The zero-order valence-corrected chi connectivity index (χ0v) is 10.5. The van der Waals surface area contributed by atoms with Gasteiger partial charge in [0.15, 0.2) is 0 Å². The number of nitrogens with zero attached hydrogens (tertiary/aromatic N) is 1. The Morgan fingerprint density at radius 1 is 1.41 bits per heavy atom. The molecule has 0 aliphatic heterocycles. The molecule has 0 bridgehead atoms. The van der Waals surface area contributed by atoms with Gasteiger partial charge in [0, 0.05) is 13.0 Å². The van der Waals surface area contributed by atoms with E-state index in [4.69, 9.17) is 5.26 Å². The highest BCUT2D eigenvalue weighted by molar-refractivity contribution is 5.22. The van der Waals surface area contributed by atoms with E-state index in [-0.39, 0.29) is 0 Å². The average molecular weight is 228 g/mol. The summed E-state index contributed by atoms with van der Waals surface area (Å²) in [5.74, 6) is 0. The molecule has 90 valence electrons. The Bertz CT molecular complexity index is 413. The molecule has 1 aromatic rings. The lowest BCUT2D eigenvalue weighted by atomic mass is 10.0. The standard InChI is InChI=1S/C15H20N2/c1-13-3-2-4-14(11-13)5-10-17-12-15(6-7-15)8-9-16/h2-4,11,17H,5-8,10,12H2,1H3. The third-order valence-electron chi connectivity index (χ3n) is 3.58. The highest BCUT2D eigenvalue weighted by Gasteiger charge is 2.41. The van der Waals surface area contributed by atoms with Gasteiger partial charge in [0.2, 0.25) is 0 Å². The fourth-order valence-electron chi connectivity index (χ4n) is 2.21. The van der Waals surface area contributed by atoms with Crippen LogP contribution < -0.4 is 5.32 Å². The predicted molar refractivity (Wildman–Crippen MR) is 69.6 cm³/mol. The highest BCUT2D eigenvalue weighted by atomic mass is 14.9. The van der Waals surface area contributed by atoms with Crippen LogP contribution in [-0.2, 0) is 6.42 Å². The minimum atomic E-state index is 0.321. The lowest BCUT2D eigenvalue weighted by Crippen LogP contribution is -2.25. The second-order valence-corrected chi connectivity index (χ2v) is 5.25. The van der Waals surface area contributed by atoms with Gasteiger partial charge >= 0.3 is 0 Å². The molecule has 0 radical (unpaired) electrons. The third-order valence-corrected chi connectivity index (χ3v) is 3.58. The van der Waals surface area contributed by atoms with Gasteiger partial charge < -0.3 is 5.32 Å². The first-order valence-electron chi connectivity index (χ1n) is 6.37. The molecule has 2 nitrogen and oxygen atoms in total. The Balaban J connectivity index is 1.69. The van der Waals surface area contributed by atoms with Gasteiger partial charge in [-0.2, -0.15) is 5.26 Å². The van der Waals surface area contributed by atoms with Crippen molar-refractivity contribution in [1.29, 1.82) is 5.26 Å².